The van der Waals surface area contributed by atoms with E-state index >= 15 is 0 Å². The van der Waals surface area contributed by atoms with Gasteiger partial charge in [-0.05, 0) is 24.3 Å². The molecule has 0 aliphatic carbocycles. The number of anilines is 1. The van der Waals surface area contributed by atoms with Gasteiger partial charge < -0.3 is 4.90 Å². The lowest BCUT2D eigenvalue weighted by atomic mass is 10.2. The van der Waals surface area contributed by atoms with Crippen LogP contribution in [0.2, 0.25) is 5.02 Å². The van der Waals surface area contributed by atoms with Crippen LogP contribution in [0.3, 0.4) is 0 Å². The highest BCUT2D eigenvalue weighted by atomic mass is 35.5. The SMILES string of the molecule is O=c1c(Cl)c(N2CCN(Cn3cnc(-c4ccc([N+](=O)[O-])cc4)n3)CC2)cnn1-c1ccccc1. The van der Waals surface area contributed by atoms with Crippen LogP contribution in [0.5, 0.6) is 0 Å². The van der Waals surface area contributed by atoms with Gasteiger partial charge in [0.2, 0.25) is 0 Å². The smallest absolute Gasteiger partial charge is 0.292 e. The number of benzene rings is 2. The molecule has 2 aromatic carbocycles. The molecule has 0 N–H and O–H groups in total. The van der Waals surface area contributed by atoms with Crippen molar-refractivity contribution < 1.29 is 4.92 Å². The number of hydrogen-bond donors (Lipinski definition) is 0. The summed E-state index contributed by atoms with van der Waals surface area (Å²) < 4.78 is 3.04. The zero-order chi connectivity index (χ0) is 24.4. The van der Waals surface area contributed by atoms with E-state index in [0.29, 0.717) is 42.5 Å². The van der Waals surface area contributed by atoms with Crippen molar-refractivity contribution in [2.24, 2.45) is 0 Å². The summed E-state index contributed by atoms with van der Waals surface area (Å²) in [5.41, 5.74) is 1.69. The van der Waals surface area contributed by atoms with Crippen molar-refractivity contribution in [3.63, 3.8) is 0 Å². The van der Waals surface area contributed by atoms with Crippen molar-refractivity contribution in [1.82, 2.24) is 29.4 Å². The van der Waals surface area contributed by atoms with E-state index < -0.39 is 4.92 Å². The zero-order valence-electron chi connectivity index (χ0n) is 18.6. The summed E-state index contributed by atoms with van der Waals surface area (Å²) in [4.78, 5) is 31.8. The summed E-state index contributed by atoms with van der Waals surface area (Å²) in [6.45, 7) is 3.39. The topological polar surface area (TPSA) is 115 Å². The number of hydrogen-bond acceptors (Lipinski definition) is 8. The Morgan fingerprint density at radius 3 is 2.40 bits per heavy atom. The molecule has 1 fully saturated rings. The predicted molar refractivity (Wildman–Crippen MR) is 131 cm³/mol. The van der Waals surface area contributed by atoms with Crippen LogP contribution < -0.4 is 10.5 Å². The molecule has 3 heterocycles. The van der Waals surface area contributed by atoms with E-state index in [1.807, 2.05) is 18.2 Å². The van der Waals surface area contributed by atoms with Crippen molar-refractivity contribution in [3.05, 3.63) is 92.6 Å². The normalized spacial score (nSPS) is 14.3. The van der Waals surface area contributed by atoms with E-state index in [1.165, 1.54) is 16.8 Å². The lowest BCUT2D eigenvalue weighted by Gasteiger charge is -2.35. The monoisotopic (exact) mass is 492 g/mol. The number of nitro groups is 1. The molecule has 4 aromatic rings. The molecule has 1 aliphatic heterocycles. The van der Waals surface area contributed by atoms with E-state index in [9.17, 15) is 14.9 Å². The fourth-order valence-electron chi connectivity index (χ4n) is 3.96. The molecular formula is C23H21ClN8O3. The Morgan fingerprint density at radius 2 is 1.71 bits per heavy atom. The molecule has 1 saturated heterocycles. The van der Waals surface area contributed by atoms with Crippen molar-refractivity contribution >= 4 is 23.0 Å². The number of nitrogens with zero attached hydrogens (tertiary/aromatic N) is 8. The van der Waals surface area contributed by atoms with Crippen molar-refractivity contribution in [1.29, 1.82) is 0 Å². The second kappa shape index (κ2) is 9.65. The Hall–Kier alpha value is -4.09. The highest BCUT2D eigenvalue weighted by Crippen LogP contribution is 2.23. The average Bonchev–Trinajstić information content (AvgIpc) is 3.35. The van der Waals surface area contributed by atoms with Crippen LogP contribution >= 0.6 is 11.6 Å². The quantitative estimate of drug-likeness (QED) is 0.298. The molecule has 35 heavy (non-hydrogen) atoms. The van der Waals surface area contributed by atoms with E-state index in [-0.39, 0.29) is 16.3 Å². The van der Waals surface area contributed by atoms with Gasteiger partial charge in [0, 0.05) is 43.9 Å². The first-order valence-corrected chi connectivity index (χ1v) is 11.3. The summed E-state index contributed by atoms with van der Waals surface area (Å²) in [6, 6.07) is 15.3. The molecule has 0 bridgehead atoms. The van der Waals surface area contributed by atoms with Crippen LogP contribution in [0, 0.1) is 10.1 Å². The first-order chi connectivity index (χ1) is 17.0. The minimum absolute atomic E-state index is 0.0266. The highest BCUT2D eigenvalue weighted by molar-refractivity contribution is 6.33. The highest BCUT2D eigenvalue weighted by Gasteiger charge is 2.22. The van der Waals surface area contributed by atoms with Crippen LogP contribution in [0.4, 0.5) is 11.4 Å². The average molecular weight is 493 g/mol. The number of halogens is 1. The molecule has 0 amide bonds. The fraction of sp³-hybridized carbons (Fsp3) is 0.217. The minimum Gasteiger partial charge on any atom is -0.366 e. The van der Waals surface area contributed by atoms with Crippen LogP contribution in [0.25, 0.3) is 17.1 Å². The summed E-state index contributed by atoms with van der Waals surface area (Å²) >= 11 is 6.45. The summed E-state index contributed by atoms with van der Waals surface area (Å²) in [5, 5.41) is 19.8. The van der Waals surface area contributed by atoms with Gasteiger partial charge in [-0.2, -0.15) is 9.78 Å². The first kappa shape index (κ1) is 22.7. The number of aromatic nitrogens is 5. The number of rotatable bonds is 6. The molecule has 0 saturated carbocycles. The fourth-order valence-corrected chi connectivity index (χ4v) is 4.21. The zero-order valence-corrected chi connectivity index (χ0v) is 19.3. The van der Waals surface area contributed by atoms with Gasteiger partial charge in [0.15, 0.2) is 5.82 Å². The van der Waals surface area contributed by atoms with E-state index in [4.69, 9.17) is 11.6 Å². The molecule has 0 radical (unpaired) electrons. The van der Waals surface area contributed by atoms with E-state index in [2.05, 4.69) is 25.0 Å². The maximum atomic E-state index is 12.8. The molecule has 1 aliphatic rings. The number of piperazine rings is 1. The largest absolute Gasteiger partial charge is 0.366 e. The molecule has 0 spiro atoms. The Balaban J connectivity index is 1.22. The lowest BCUT2D eigenvalue weighted by molar-refractivity contribution is -0.384. The minimum atomic E-state index is -0.437. The van der Waals surface area contributed by atoms with Crippen molar-refractivity contribution in [2.45, 2.75) is 6.67 Å². The Kier molecular flexibility index (Phi) is 6.25. The van der Waals surface area contributed by atoms with Gasteiger partial charge in [0.1, 0.15) is 11.3 Å². The van der Waals surface area contributed by atoms with E-state index in [1.54, 1.807) is 41.5 Å². The van der Waals surface area contributed by atoms with Crippen LogP contribution in [-0.4, -0.2) is 60.5 Å². The molecular weight excluding hydrogens is 472 g/mol. The number of para-hydroxylation sites is 1. The molecule has 11 nitrogen and oxygen atoms in total. The Labute approximate surface area is 205 Å². The lowest BCUT2D eigenvalue weighted by Crippen LogP contribution is -2.47. The second-order valence-corrected chi connectivity index (χ2v) is 8.43. The summed E-state index contributed by atoms with van der Waals surface area (Å²) in [7, 11) is 0. The van der Waals surface area contributed by atoms with Crippen molar-refractivity contribution in [2.75, 3.05) is 31.1 Å². The summed E-state index contributed by atoms with van der Waals surface area (Å²) in [5.74, 6) is 0.510. The third kappa shape index (κ3) is 4.77. The maximum absolute atomic E-state index is 12.8. The van der Waals surface area contributed by atoms with Crippen molar-refractivity contribution in [3.8, 4) is 17.1 Å². The molecule has 5 rings (SSSR count). The van der Waals surface area contributed by atoms with Gasteiger partial charge >= 0.3 is 0 Å². The van der Waals surface area contributed by atoms with Crippen LogP contribution in [0.1, 0.15) is 0 Å². The van der Waals surface area contributed by atoms with Gasteiger partial charge in [0.05, 0.1) is 29.2 Å². The van der Waals surface area contributed by atoms with Crippen LogP contribution in [0.15, 0.2) is 71.9 Å². The summed E-state index contributed by atoms with van der Waals surface area (Å²) in [6.07, 6.45) is 3.29. The Bertz CT molecular complexity index is 1400. The third-order valence-corrected chi connectivity index (χ3v) is 6.19. The number of nitro benzene ring substituents is 1. The molecule has 12 heteroatoms. The molecule has 178 valence electrons. The van der Waals surface area contributed by atoms with E-state index in [0.717, 1.165) is 13.1 Å². The first-order valence-electron chi connectivity index (χ1n) is 10.9. The van der Waals surface area contributed by atoms with Gasteiger partial charge in [-0.25, -0.2) is 9.67 Å². The van der Waals surface area contributed by atoms with Crippen LogP contribution in [-0.2, 0) is 6.67 Å². The standard InChI is InChI=1S/C23H21ClN8O3/c24-21-20(14-26-31(23(21)33)18-4-2-1-3-5-18)29-12-10-28(11-13-29)16-30-15-25-22(27-30)17-6-8-19(9-7-17)32(34)35/h1-9,14-15H,10-13,16H2. The predicted octanol–water partition coefficient (Wildman–Crippen LogP) is 2.83. The second-order valence-electron chi connectivity index (χ2n) is 8.05. The van der Waals surface area contributed by atoms with Gasteiger partial charge in [-0.1, -0.05) is 29.8 Å². The number of non-ortho nitro benzene ring substituents is 1. The molecule has 0 unspecified atom stereocenters. The molecule has 2 aromatic heterocycles. The maximum Gasteiger partial charge on any atom is 0.292 e. The third-order valence-electron chi connectivity index (χ3n) is 5.83. The van der Waals surface area contributed by atoms with Gasteiger partial charge in [-0.15, -0.1) is 5.10 Å². The Morgan fingerprint density at radius 1 is 1.00 bits per heavy atom. The van der Waals surface area contributed by atoms with Gasteiger partial charge in [-0.3, -0.25) is 19.8 Å². The van der Waals surface area contributed by atoms with Gasteiger partial charge in [0.25, 0.3) is 11.2 Å². The molecule has 0 atom stereocenters.